The summed E-state index contributed by atoms with van der Waals surface area (Å²) in [6.45, 7) is 1.69. The van der Waals surface area contributed by atoms with Gasteiger partial charge in [-0.05, 0) is 43.0 Å². The molecule has 1 atom stereocenters. The molecule has 0 aliphatic carbocycles. The summed E-state index contributed by atoms with van der Waals surface area (Å²) < 4.78 is 5.36. The van der Waals surface area contributed by atoms with Gasteiger partial charge in [0.2, 0.25) is 0 Å². The summed E-state index contributed by atoms with van der Waals surface area (Å²) in [7, 11) is 0. The second-order valence-corrected chi connectivity index (χ2v) is 4.54. The summed E-state index contributed by atoms with van der Waals surface area (Å²) in [5.74, 6) is -0.0200. The summed E-state index contributed by atoms with van der Waals surface area (Å²) >= 11 is 0. The molecule has 2 aliphatic rings. The summed E-state index contributed by atoms with van der Waals surface area (Å²) in [6.07, 6.45) is 2.57. The molecule has 0 saturated carbocycles. The largest absolute Gasteiger partial charge is 0.384 e. The Morgan fingerprint density at radius 1 is 1.47 bits per heavy atom. The van der Waals surface area contributed by atoms with Gasteiger partial charge in [0.1, 0.15) is 6.10 Å². The molecule has 2 heterocycles. The zero-order valence-electron chi connectivity index (χ0n) is 9.66. The Hall–Kier alpha value is -1.55. The lowest BCUT2D eigenvalue weighted by atomic mass is 10.1. The van der Waals surface area contributed by atoms with Crippen LogP contribution >= 0.6 is 0 Å². The first-order chi connectivity index (χ1) is 8.33. The van der Waals surface area contributed by atoms with Gasteiger partial charge in [0.25, 0.3) is 5.91 Å². The van der Waals surface area contributed by atoms with E-state index in [0.717, 1.165) is 31.5 Å². The van der Waals surface area contributed by atoms with E-state index >= 15 is 0 Å². The molecule has 0 radical (unpaired) electrons. The molecule has 90 valence electrons. The maximum atomic E-state index is 11.9. The van der Waals surface area contributed by atoms with Gasteiger partial charge in [-0.3, -0.25) is 4.79 Å². The SMILES string of the molecule is O=C(Nc1ccc2c(c1)CCN2)[C@@H]1CCCO1. The Kier molecular flexibility index (Phi) is 2.73. The lowest BCUT2D eigenvalue weighted by molar-refractivity contribution is -0.124. The highest BCUT2D eigenvalue weighted by molar-refractivity contribution is 5.94. The van der Waals surface area contributed by atoms with Gasteiger partial charge in [0, 0.05) is 24.5 Å². The second-order valence-electron chi connectivity index (χ2n) is 4.54. The first-order valence-corrected chi connectivity index (χ1v) is 6.12. The molecule has 0 aromatic heterocycles. The molecule has 0 bridgehead atoms. The van der Waals surface area contributed by atoms with Gasteiger partial charge in [0.15, 0.2) is 0 Å². The number of nitrogens with one attached hydrogen (secondary N) is 2. The van der Waals surface area contributed by atoms with Crippen molar-refractivity contribution in [3.8, 4) is 0 Å². The lowest BCUT2D eigenvalue weighted by Crippen LogP contribution is -2.26. The molecule has 2 aliphatic heterocycles. The highest BCUT2D eigenvalue weighted by atomic mass is 16.5. The minimum atomic E-state index is -0.263. The Balaban J connectivity index is 1.70. The molecule has 1 saturated heterocycles. The highest BCUT2D eigenvalue weighted by Crippen LogP contribution is 2.25. The van der Waals surface area contributed by atoms with Crippen LogP contribution < -0.4 is 10.6 Å². The minimum Gasteiger partial charge on any atom is -0.384 e. The van der Waals surface area contributed by atoms with Gasteiger partial charge >= 0.3 is 0 Å². The molecule has 2 N–H and O–H groups in total. The number of carbonyl (C=O) groups is 1. The molecule has 4 nitrogen and oxygen atoms in total. The number of ether oxygens (including phenoxy) is 1. The number of anilines is 2. The predicted octanol–water partition coefficient (Wildman–Crippen LogP) is 1.77. The number of amides is 1. The average Bonchev–Trinajstić information content (AvgIpc) is 2.99. The monoisotopic (exact) mass is 232 g/mol. The number of rotatable bonds is 2. The third kappa shape index (κ3) is 2.13. The van der Waals surface area contributed by atoms with Crippen molar-refractivity contribution in [2.45, 2.75) is 25.4 Å². The molecule has 3 rings (SSSR count). The first-order valence-electron chi connectivity index (χ1n) is 6.12. The fourth-order valence-corrected chi connectivity index (χ4v) is 2.39. The predicted molar refractivity (Wildman–Crippen MR) is 66.2 cm³/mol. The topological polar surface area (TPSA) is 50.4 Å². The van der Waals surface area contributed by atoms with Crippen LogP contribution in [0.5, 0.6) is 0 Å². The molecular formula is C13H16N2O2. The molecule has 0 spiro atoms. The molecule has 17 heavy (non-hydrogen) atoms. The number of carbonyl (C=O) groups excluding carboxylic acids is 1. The minimum absolute atomic E-state index is 0.0200. The standard InChI is InChI=1S/C13H16N2O2/c16-13(12-2-1-7-17-12)15-10-3-4-11-9(8-10)5-6-14-11/h3-4,8,12,14H,1-2,5-7H2,(H,15,16)/t12-/m0/s1. The molecule has 1 amide bonds. The van der Waals surface area contributed by atoms with E-state index in [2.05, 4.69) is 10.6 Å². The van der Waals surface area contributed by atoms with Crippen molar-refractivity contribution in [3.05, 3.63) is 23.8 Å². The van der Waals surface area contributed by atoms with Crippen LogP contribution in [0.1, 0.15) is 18.4 Å². The van der Waals surface area contributed by atoms with Gasteiger partial charge in [-0.15, -0.1) is 0 Å². The van der Waals surface area contributed by atoms with Crippen molar-refractivity contribution in [1.29, 1.82) is 0 Å². The summed E-state index contributed by atoms with van der Waals surface area (Å²) in [4.78, 5) is 11.9. The molecule has 4 heteroatoms. The van der Waals surface area contributed by atoms with Crippen LogP contribution in [0.4, 0.5) is 11.4 Å². The van der Waals surface area contributed by atoms with Crippen molar-refractivity contribution in [2.75, 3.05) is 23.8 Å². The molecule has 1 aromatic rings. The van der Waals surface area contributed by atoms with Crippen molar-refractivity contribution in [3.63, 3.8) is 0 Å². The maximum Gasteiger partial charge on any atom is 0.253 e. The Morgan fingerprint density at radius 2 is 2.41 bits per heavy atom. The average molecular weight is 232 g/mol. The number of hydrogen-bond acceptors (Lipinski definition) is 3. The van der Waals surface area contributed by atoms with Crippen LogP contribution in [0, 0.1) is 0 Å². The smallest absolute Gasteiger partial charge is 0.253 e. The summed E-state index contributed by atoms with van der Waals surface area (Å²) in [6, 6.07) is 6.00. The number of benzene rings is 1. The summed E-state index contributed by atoms with van der Waals surface area (Å²) in [5.41, 5.74) is 3.32. The van der Waals surface area contributed by atoms with E-state index < -0.39 is 0 Å². The van der Waals surface area contributed by atoms with E-state index in [9.17, 15) is 4.79 Å². The normalized spacial score (nSPS) is 22.0. The third-order valence-corrected chi connectivity index (χ3v) is 3.30. The fraction of sp³-hybridized carbons (Fsp3) is 0.462. The van der Waals surface area contributed by atoms with Crippen LogP contribution in [-0.4, -0.2) is 25.2 Å². The molecule has 0 unspecified atom stereocenters. The Morgan fingerprint density at radius 3 is 3.24 bits per heavy atom. The molecular weight excluding hydrogens is 216 g/mol. The van der Waals surface area contributed by atoms with E-state index in [0.29, 0.717) is 6.61 Å². The quantitative estimate of drug-likeness (QED) is 0.817. The van der Waals surface area contributed by atoms with Crippen LogP contribution in [0.15, 0.2) is 18.2 Å². The van der Waals surface area contributed by atoms with Gasteiger partial charge in [-0.25, -0.2) is 0 Å². The van der Waals surface area contributed by atoms with E-state index in [-0.39, 0.29) is 12.0 Å². The fourth-order valence-electron chi connectivity index (χ4n) is 2.39. The van der Waals surface area contributed by atoms with E-state index in [1.807, 2.05) is 18.2 Å². The van der Waals surface area contributed by atoms with Crippen molar-refractivity contribution in [2.24, 2.45) is 0 Å². The van der Waals surface area contributed by atoms with Crippen molar-refractivity contribution >= 4 is 17.3 Å². The van der Waals surface area contributed by atoms with E-state index in [1.165, 1.54) is 11.3 Å². The molecule has 1 fully saturated rings. The van der Waals surface area contributed by atoms with Crippen LogP contribution in [0.2, 0.25) is 0 Å². The molecule has 1 aromatic carbocycles. The highest BCUT2D eigenvalue weighted by Gasteiger charge is 2.23. The van der Waals surface area contributed by atoms with E-state index in [4.69, 9.17) is 4.74 Å². The first kappa shape index (κ1) is 10.6. The zero-order valence-corrected chi connectivity index (χ0v) is 9.66. The van der Waals surface area contributed by atoms with Gasteiger partial charge in [-0.1, -0.05) is 0 Å². The van der Waals surface area contributed by atoms with Crippen LogP contribution in [0.3, 0.4) is 0 Å². The van der Waals surface area contributed by atoms with Gasteiger partial charge in [0.05, 0.1) is 0 Å². The van der Waals surface area contributed by atoms with Crippen LogP contribution in [0.25, 0.3) is 0 Å². The summed E-state index contributed by atoms with van der Waals surface area (Å²) in [5, 5.41) is 6.22. The lowest BCUT2D eigenvalue weighted by Gasteiger charge is -2.11. The van der Waals surface area contributed by atoms with Crippen LogP contribution in [-0.2, 0) is 16.0 Å². The van der Waals surface area contributed by atoms with Gasteiger partial charge in [-0.2, -0.15) is 0 Å². The maximum absolute atomic E-state index is 11.9. The third-order valence-electron chi connectivity index (χ3n) is 3.30. The number of fused-ring (bicyclic) bond motifs is 1. The Labute approximate surface area is 100 Å². The van der Waals surface area contributed by atoms with Crippen molar-refractivity contribution < 1.29 is 9.53 Å². The zero-order chi connectivity index (χ0) is 11.7. The second kappa shape index (κ2) is 4.37. The number of hydrogen-bond donors (Lipinski definition) is 2. The van der Waals surface area contributed by atoms with Gasteiger partial charge < -0.3 is 15.4 Å². The van der Waals surface area contributed by atoms with E-state index in [1.54, 1.807) is 0 Å². The Bertz CT molecular complexity index is 439. The van der Waals surface area contributed by atoms with Crippen molar-refractivity contribution in [1.82, 2.24) is 0 Å².